The molecule has 0 fully saturated rings. The second kappa shape index (κ2) is 11.0. The average molecular weight is 459 g/mol. The Kier molecular flexibility index (Phi) is 9.31. The highest BCUT2D eigenvalue weighted by Gasteiger charge is 2.04. The van der Waals surface area contributed by atoms with Gasteiger partial charge in [-0.2, -0.15) is 0 Å². The first kappa shape index (κ1) is 20.4. The molecule has 24 heavy (non-hydrogen) atoms. The number of aromatic nitrogens is 1. The summed E-state index contributed by atoms with van der Waals surface area (Å²) in [6.07, 6.45) is 1.85. The summed E-state index contributed by atoms with van der Waals surface area (Å²) in [5, 5.41) is 10.1. The number of carbonyl (C=O) groups excluding carboxylic acids is 1. The summed E-state index contributed by atoms with van der Waals surface area (Å²) in [5.41, 5.74) is 0.768. The van der Waals surface area contributed by atoms with Crippen LogP contribution in [-0.4, -0.2) is 29.9 Å². The Morgan fingerprint density at radius 2 is 2.00 bits per heavy atom. The van der Waals surface area contributed by atoms with E-state index in [2.05, 4.69) is 25.9 Å². The summed E-state index contributed by atoms with van der Waals surface area (Å²) in [6, 6.07) is 9.34. The van der Waals surface area contributed by atoms with Crippen molar-refractivity contribution in [3.05, 3.63) is 46.4 Å². The molecule has 0 radical (unpaired) electrons. The number of aryl methyl sites for hydroxylation is 1. The van der Waals surface area contributed by atoms with Crippen LogP contribution in [0.25, 0.3) is 0 Å². The number of halogens is 1. The summed E-state index contributed by atoms with van der Waals surface area (Å²) >= 11 is 1.64. The van der Waals surface area contributed by atoms with Gasteiger partial charge in [-0.15, -0.1) is 35.3 Å². The fourth-order valence-electron chi connectivity index (χ4n) is 1.86. The van der Waals surface area contributed by atoms with Crippen molar-refractivity contribution >= 4 is 52.9 Å². The molecule has 6 nitrogen and oxygen atoms in total. The molecule has 2 aromatic rings. The first-order chi connectivity index (χ1) is 11.2. The maximum atomic E-state index is 11.9. The van der Waals surface area contributed by atoms with Gasteiger partial charge in [-0.1, -0.05) is 18.2 Å². The smallest absolute Gasteiger partial charge is 0.246 e. The molecule has 0 aliphatic heterocycles. The van der Waals surface area contributed by atoms with E-state index in [0.717, 1.165) is 17.2 Å². The van der Waals surface area contributed by atoms with Crippen LogP contribution in [0, 0.1) is 6.92 Å². The Balaban J connectivity index is 0.00000288. The molecule has 1 amide bonds. The summed E-state index contributed by atoms with van der Waals surface area (Å²) in [7, 11) is 0. The van der Waals surface area contributed by atoms with Crippen molar-refractivity contribution < 1.29 is 4.79 Å². The lowest BCUT2D eigenvalue weighted by Crippen LogP contribution is -2.37. The minimum absolute atomic E-state index is 0. The molecule has 0 spiro atoms. The number of carbonyl (C=O) groups is 1. The Labute approximate surface area is 163 Å². The molecule has 8 heteroatoms. The third-order valence-corrected chi connectivity index (χ3v) is 3.77. The molecule has 1 heterocycles. The van der Waals surface area contributed by atoms with Crippen molar-refractivity contribution in [3.63, 3.8) is 0 Å². The van der Waals surface area contributed by atoms with Crippen molar-refractivity contribution in [1.29, 1.82) is 0 Å². The van der Waals surface area contributed by atoms with E-state index in [1.165, 1.54) is 4.88 Å². The minimum atomic E-state index is -0.154. The monoisotopic (exact) mass is 459 g/mol. The van der Waals surface area contributed by atoms with Crippen LogP contribution in [0.15, 0.2) is 41.5 Å². The van der Waals surface area contributed by atoms with Crippen LogP contribution in [0.1, 0.15) is 16.8 Å². The van der Waals surface area contributed by atoms with Crippen LogP contribution < -0.4 is 16.0 Å². The van der Waals surface area contributed by atoms with Crippen molar-refractivity contribution in [2.75, 3.05) is 18.4 Å². The van der Waals surface area contributed by atoms with Gasteiger partial charge in [-0.3, -0.25) is 4.79 Å². The van der Waals surface area contributed by atoms with E-state index < -0.39 is 0 Å². The fourth-order valence-corrected chi connectivity index (χ4v) is 2.58. The zero-order valence-electron chi connectivity index (χ0n) is 13.7. The number of hydrogen-bond donors (Lipinski definition) is 3. The Bertz CT molecular complexity index is 659. The maximum Gasteiger partial charge on any atom is 0.246 e. The van der Waals surface area contributed by atoms with Crippen LogP contribution >= 0.6 is 35.3 Å². The number of guanidine groups is 1. The van der Waals surface area contributed by atoms with Crippen molar-refractivity contribution in [2.24, 2.45) is 4.99 Å². The van der Waals surface area contributed by atoms with Crippen LogP contribution in [0.2, 0.25) is 0 Å². The van der Waals surface area contributed by atoms with Gasteiger partial charge in [0, 0.05) is 23.3 Å². The normalized spacial score (nSPS) is 10.7. The number of aliphatic imine (C=N–C) groups is 1. The number of hydrogen-bond acceptors (Lipinski definition) is 4. The van der Waals surface area contributed by atoms with E-state index >= 15 is 0 Å². The summed E-state index contributed by atoms with van der Waals surface area (Å²) in [5.74, 6) is 0.446. The summed E-state index contributed by atoms with van der Waals surface area (Å²) < 4.78 is 0. The lowest BCUT2D eigenvalue weighted by atomic mass is 10.3. The fraction of sp³-hybridized carbons (Fsp3) is 0.312. The number of nitrogens with zero attached hydrogens (tertiary/aromatic N) is 2. The molecule has 0 unspecified atom stereocenters. The van der Waals surface area contributed by atoms with Gasteiger partial charge in [0.1, 0.15) is 11.6 Å². The molecule has 130 valence electrons. The van der Waals surface area contributed by atoms with E-state index in [-0.39, 0.29) is 36.4 Å². The molecule has 0 aliphatic carbocycles. The highest BCUT2D eigenvalue weighted by molar-refractivity contribution is 14.0. The van der Waals surface area contributed by atoms with E-state index in [1.54, 1.807) is 11.3 Å². The predicted molar refractivity (Wildman–Crippen MR) is 110 cm³/mol. The average Bonchev–Trinajstić information content (AvgIpc) is 2.96. The van der Waals surface area contributed by atoms with Gasteiger partial charge < -0.3 is 16.0 Å². The number of thiazole rings is 1. The summed E-state index contributed by atoms with van der Waals surface area (Å²) in [4.78, 5) is 21.7. The van der Waals surface area contributed by atoms with Gasteiger partial charge in [0.05, 0.1) is 6.54 Å². The van der Waals surface area contributed by atoms with Crippen molar-refractivity contribution in [2.45, 2.75) is 20.4 Å². The third kappa shape index (κ3) is 7.26. The van der Waals surface area contributed by atoms with Crippen molar-refractivity contribution in [1.82, 2.24) is 15.6 Å². The Morgan fingerprint density at radius 1 is 1.25 bits per heavy atom. The number of rotatable bonds is 6. The quantitative estimate of drug-likeness (QED) is 0.353. The summed E-state index contributed by atoms with van der Waals surface area (Å²) in [6.45, 7) is 5.37. The van der Waals surface area contributed by atoms with Gasteiger partial charge in [-0.05, 0) is 26.0 Å². The van der Waals surface area contributed by atoms with Gasteiger partial charge in [0.15, 0.2) is 5.96 Å². The Hall–Kier alpha value is -1.68. The molecule has 0 saturated heterocycles. The van der Waals surface area contributed by atoms with Gasteiger partial charge in [0.2, 0.25) is 5.91 Å². The van der Waals surface area contributed by atoms with Crippen LogP contribution in [-0.2, 0) is 11.3 Å². The standard InChI is InChI=1S/C16H21N5OS.HI/c1-3-17-16(20-11-15-18-9-12(2)23-15)19-10-14(22)21-13-7-5-4-6-8-13;/h4-9H,3,10-11H2,1-2H3,(H,21,22)(H2,17,19,20);1H. The topological polar surface area (TPSA) is 78.4 Å². The van der Waals surface area contributed by atoms with Crippen LogP contribution in [0.3, 0.4) is 0 Å². The van der Waals surface area contributed by atoms with E-state index in [0.29, 0.717) is 12.5 Å². The molecule has 2 rings (SSSR count). The lowest BCUT2D eigenvalue weighted by molar-refractivity contribution is -0.114. The minimum Gasteiger partial charge on any atom is -0.357 e. The molecule has 0 atom stereocenters. The van der Waals surface area contributed by atoms with Crippen LogP contribution in [0.5, 0.6) is 0 Å². The lowest BCUT2D eigenvalue weighted by Gasteiger charge is -2.10. The highest BCUT2D eigenvalue weighted by Crippen LogP contribution is 2.10. The van der Waals surface area contributed by atoms with E-state index in [4.69, 9.17) is 0 Å². The molecular weight excluding hydrogens is 437 g/mol. The zero-order chi connectivity index (χ0) is 16.5. The van der Waals surface area contributed by atoms with E-state index in [9.17, 15) is 4.79 Å². The van der Waals surface area contributed by atoms with Gasteiger partial charge in [-0.25, -0.2) is 9.98 Å². The van der Waals surface area contributed by atoms with Crippen molar-refractivity contribution in [3.8, 4) is 0 Å². The SMILES string of the molecule is CCNC(=NCC(=O)Nc1ccccc1)NCc1ncc(C)s1.I. The molecule has 1 aromatic carbocycles. The maximum absolute atomic E-state index is 11.9. The largest absolute Gasteiger partial charge is 0.357 e. The van der Waals surface area contributed by atoms with E-state index in [1.807, 2.05) is 50.4 Å². The van der Waals surface area contributed by atoms with Crippen LogP contribution in [0.4, 0.5) is 5.69 Å². The second-order valence-corrected chi connectivity index (χ2v) is 6.15. The number of anilines is 1. The molecule has 3 N–H and O–H groups in total. The molecule has 0 aliphatic rings. The third-order valence-electron chi connectivity index (χ3n) is 2.86. The first-order valence-corrected chi connectivity index (χ1v) is 8.27. The second-order valence-electron chi connectivity index (χ2n) is 4.83. The zero-order valence-corrected chi connectivity index (χ0v) is 16.9. The molecule has 1 aromatic heterocycles. The number of nitrogens with one attached hydrogen (secondary N) is 3. The number of para-hydroxylation sites is 1. The Morgan fingerprint density at radius 3 is 2.62 bits per heavy atom. The number of benzene rings is 1. The predicted octanol–water partition coefficient (Wildman–Crippen LogP) is 2.76. The van der Waals surface area contributed by atoms with Gasteiger partial charge in [0.25, 0.3) is 0 Å². The number of amides is 1. The molecule has 0 saturated carbocycles. The molecule has 0 bridgehead atoms. The van der Waals surface area contributed by atoms with Gasteiger partial charge >= 0.3 is 0 Å². The highest BCUT2D eigenvalue weighted by atomic mass is 127. The first-order valence-electron chi connectivity index (χ1n) is 7.45. The molecular formula is C16H22IN5OS.